The van der Waals surface area contributed by atoms with E-state index in [0.29, 0.717) is 11.7 Å². The van der Waals surface area contributed by atoms with Crippen LogP contribution in [0.4, 0.5) is 0 Å². The summed E-state index contributed by atoms with van der Waals surface area (Å²) < 4.78 is 10.6. The van der Waals surface area contributed by atoms with E-state index >= 15 is 0 Å². The maximum absolute atomic E-state index is 5.49. The van der Waals surface area contributed by atoms with Crippen molar-refractivity contribution in [2.75, 3.05) is 46.4 Å². The van der Waals surface area contributed by atoms with Gasteiger partial charge in [-0.15, -0.1) is 0 Å². The smallest absolute Gasteiger partial charge is 0.244 e. The third kappa shape index (κ3) is 3.96. The molecule has 1 aromatic heterocycles. The molecule has 2 aromatic rings. The van der Waals surface area contributed by atoms with E-state index in [9.17, 15) is 0 Å². The van der Waals surface area contributed by atoms with Gasteiger partial charge in [0, 0.05) is 45.4 Å². The molecule has 0 bridgehead atoms. The monoisotopic (exact) mass is 316 g/mol. The van der Waals surface area contributed by atoms with Gasteiger partial charge in [0.25, 0.3) is 0 Å². The molecule has 1 atom stereocenters. The van der Waals surface area contributed by atoms with Crippen LogP contribution < -0.4 is 0 Å². The molecule has 0 spiro atoms. The average molecular weight is 316 g/mol. The molecule has 0 aliphatic carbocycles. The second-order valence-corrected chi connectivity index (χ2v) is 5.87. The van der Waals surface area contributed by atoms with Crippen LogP contribution >= 0.6 is 0 Å². The summed E-state index contributed by atoms with van der Waals surface area (Å²) in [5, 5.41) is 4.12. The van der Waals surface area contributed by atoms with Crippen LogP contribution in [0, 0.1) is 0 Å². The van der Waals surface area contributed by atoms with Crippen LogP contribution in [0.5, 0.6) is 0 Å². The largest absolute Gasteiger partial charge is 0.383 e. The van der Waals surface area contributed by atoms with Crippen molar-refractivity contribution in [2.45, 2.75) is 13.0 Å². The topological polar surface area (TPSA) is 54.6 Å². The lowest BCUT2D eigenvalue weighted by molar-refractivity contribution is 0.0697. The second kappa shape index (κ2) is 7.68. The van der Waals surface area contributed by atoms with E-state index in [4.69, 9.17) is 9.26 Å². The number of hydrogen-bond donors (Lipinski definition) is 0. The van der Waals surface area contributed by atoms with E-state index in [0.717, 1.165) is 44.9 Å². The molecule has 1 fully saturated rings. The van der Waals surface area contributed by atoms with Crippen molar-refractivity contribution in [3.63, 3.8) is 0 Å². The zero-order chi connectivity index (χ0) is 16.1. The molecule has 124 valence electrons. The molecule has 0 unspecified atom stereocenters. The van der Waals surface area contributed by atoms with E-state index in [1.165, 1.54) is 0 Å². The molecule has 0 radical (unpaired) electrons. The van der Waals surface area contributed by atoms with Gasteiger partial charge in [0.15, 0.2) is 0 Å². The molecule has 23 heavy (non-hydrogen) atoms. The molecule has 6 nitrogen and oxygen atoms in total. The molecule has 2 heterocycles. The molecule has 0 saturated carbocycles. The van der Waals surface area contributed by atoms with Crippen LogP contribution in [0.1, 0.15) is 18.9 Å². The first kappa shape index (κ1) is 16.1. The molecule has 1 saturated heterocycles. The van der Waals surface area contributed by atoms with Crippen molar-refractivity contribution in [3.05, 3.63) is 36.2 Å². The number of ether oxygens (including phenoxy) is 1. The van der Waals surface area contributed by atoms with E-state index in [-0.39, 0.29) is 6.04 Å². The van der Waals surface area contributed by atoms with Gasteiger partial charge in [0.1, 0.15) is 0 Å². The van der Waals surface area contributed by atoms with Crippen LogP contribution in [0.25, 0.3) is 11.4 Å². The average Bonchev–Trinajstić information content (AvgIpc) is 3.11. The second-order valence-electron chi connectivity index (χ2n) is 5.87. The van der Waals surface area contributed by atoms with Gasteiger partial charge in [-0.05, 0) is 6.92 Å². The summed E-state index contributed by atoms with van der Waals surface area (Å²) in [7, 11) is 1.75. The van der Waals surface area contributed by atoms with Gasteiger partial charge in [-0.3, -0.25) is 9.80 Å². The van der Waals surface area contributed by atoms with Gasteiger partial charge in [0.05, 0.1) is 12.6 Å². The predicted octanol–water partition coefficient (Wildman–Crippen LogP) is 2.06. The Morgan fingerprint density at radius 1 is 1.17 bits per heavy atom. The fourth-order valence-corrected chi connectivity index (χ4v) is 2.86. The lowest BCUT2D eigenvalue weighted by Crippen LogP contribution is -2.47. The maximum Gasteiger partial charge on any atom is 0.244 e. The molecular weight excluding hydrogens is 292 g/mol. The van der Waals surface area contributed by atoms with Gasteiger partial charge in [-0.1, -0.05) is 35.5 Å². The minimum absolute atomic E-state index is 0.143. The lowest BCUT2D eigenvalue weighted by Gasteiger charge is -2.36. The first-order chi connectivity index (χ1) is 11.3. The van der Waals surface area contributed by atoms with E-state index in [1.807, 2.05) is 30.3 Å². The fourth-order valence-electron chi connectivity index (χ4n) is 2.86. The highest BCUT2D eigenvalue weighted by atomic mass is 16.5. The first-order valence-electron chi connectivity index (χ1n) is 8.12. The summed E-state index contributed by atoms with van der Waals surface area (Å²) in [6.45, 7) is 8.03. The number of rotatable bonds is 6. The van der Waals surface area contributed by atoms with Crippen molar-refractivity contribution in [2.24, 2.45) is 0 Å². The SMILES string of the molecule is COCCN1CCN([C@@H](C)c2nc(-c3ccccc3)no2)CC1. The van der Waals surface area contributed by atoms with Crippen molar-refractivity contribution in [3.8, 4) is 11.4 Å². The molecule has 6 heteroatoms. The minimum atomic E-state index is 0.143. The number of benzene rings is 1. The van der Waals surface area contributed by atoms with Crippen LogP contribution in [-0.2, 0) is 4.74 Å². The summed E-state index contributed by atoms with van der Waals surface area (Å²) in [5.41, 5.74) is 0.985. The van der Waals surface area contributed by atoms with Crippen molar-refractivity contribution in [1.29, 1.82) is 0 Å². The number of piperazine rings is 1. The molecule has 1 aromatic carbocycles. The Kier molecular flexibility index (Phi) is 5.38. The van der Waals surface area contributed by atoms with Crippen LogP contribution in [0.3, 0.4) is 0 Å². The molecule has 0 N–H and O–H groups in total. The highest BCUT2D eigenvalue weighted by Crippen LogP contribution is 2.23. The van der Waals surface area contributed by atoms with Gasteiger partial charge >= 0.3 is 0 Å². The summed E-state index contributed by atoms with van der Waals surface area (Å²) in [6.07, 6.45) is 0. The number of nitrogens with zero attached hydrogens (tertiary/aromatic N) is 4. The quantitative estimate of drug-likeness (QED) is 0.813. The Hall–Kier alpha value is -1.76. The minimum Gasteiger partial charge on any atom is -0.383 e. The van der Waals surface area contributed by atoms with Gasteiger partial charge in [-0.25, -0.2) is 0 Å². The molecule has 0 amide bonds. The van der Waals surface area contributed by atoms with Crippen molar-refractivity contribution >= 4 is 0 Å². The Bertz CT molecular complexity index is 594. The summed E-state index contributed by atoms with van der Waals surface area (Å²) in [4.78, 5) is 9.39. The molecule has 1 aliphatic rings. The van der Waals surface area contributed by atoms with Crippen LogP contribution in [0.15, 0.2) is 34.9 Å². The van der Waals surface area contributed by atoms with E-state index < -0.39 is 0 Å². The van der Waals surface area contributed by atoms with Crippen molar-refractivity contribution < 1.29 is 9.26 Å². The molecular formula is C17H24N4O2. The van der Waals surface area contributed by atoms with Gasteiger partial charge < -0.3 is 9.26 Å². The third-order valence-corrected chi connectivity index (χ3v) is 4.40. The molecule has 3 rings (SSSR count). The van der Waals surface area contributed by atoms with E-state index in [2.05, 4.69) is 26.9 Å². The normalized spacial score (nSPS) is 18.2. The predicted molar refractivity (Wildman–Crippen MR) is 88.0 cm³/mol. The third-order valence-electron chi connectivity index (χ3n) is 4.40. The van der Waals surface area contributed by atoms with E-state index in [1.54, 1.807) is 7.11 Å². The Labute approximate surface area is 137 Å². The lowest BCUT2D eigenvalue weighted by atomic mass is 10.2. The zero-order valence-electron chi connectivity index (χ0n) is 13.8. The Balaban J connectivity index is 1.59. The summed E-state index contributed by atoms with van der Waals surface area (Å²) in [6, 6.07) is 10.1. The zero-order valence-corrected chi connectivity index (χ0v) is 13.8. The van der Waals surface area contributed by atoms with Gasteiger partial charge in [-0.2, -0.15) is 4.98 Å². The Morgan fingerprint density at radius 3 is 2.61 bits per heavy atom. The number of hydrogen-bond acceptors (Lipinski definition) is 6. The first-order valence-corrected chi connectivity index (χ1v) is 8.12. The highest BCUT2D eigenvalue weighted by Gasteiger charge is 2.25. The number of aromatic nitrogens is 2. The summed E-state index contributed by atoms with van der Waals surface area (Å²) >= 11 is 0. The standard InChI is InChI=1S/C17H24N4O2/c1-14(21-10-8-20(9-11-21)12-13-22-2)17-18-16(19-23-17)15-6-4-3-5-7-15/h3-7,14H,8-13H2,1-2H3/t14-/m0/s1. The Morgan fingerprint density at radius 2 is 1.91 bits per heavy atom. The van der Waals surface area contributed by atoms with Crippen molar-refractivity contribution in [1.82, 2.24) is 19.9 Å². The maximum atomic E-state index is 5.49. The number of methoxy groups -OCH3 is 1. The van der Waals surface area contributed by atoms with Gasteiger partial charge in [0.2, 0.25) is 11.7 Å². The van der Waals surface area contributed by atoms with Crippen LogP contribution in [-0.4, -0.2) is 66.4 Å². The summed E-state index contributed by atoms with van der Waals surface area (Å²) in [5.74, 6) is 1.35. The fraction of sp³-hybridized carbons (Fsp3) is 0.529. The molecule has 1 aliphatic heterocycles. The van der Waals surface area contributed by atoms with Crippen LogP contribution in [0.2, 0.25) is 0 Å². The highest BCUT2D eigenvalue weighted by molar-refractivity contribution is 5.53.